The van der Waals surface area contributed by atoms with E-state index in [2.05, 4.69) is 15.4 Å². The first-order valence-corrected chi connectivity index (χ1v) is 12.4. The van der Waals surface area contributed by atoms with Gasteiger partial charge >= 0.3 is 0 Å². The Kier molecular flexibility index (Phi) is 5.31. The van der Waals surface area contributed by atoms with E-state index in [0.29, 0.717) is 35.9 Å². The van der Waals surface area contributed by atoms with Crippen molar-refractivity contribution in [3.63, 3.8) is 0 Å². The van der Waals surface area contributed by atoms with E-state index in [1.807, 2.05) is 24.6 Å². The first-order valence-electron chi connectivity index (χ1n) is 10.9. The molecule has 3 heterocycles. The largest absolute Gasteiger partial charge is 0.373 e. The Balaban J connectivity index is 1.41. The minimum Gasteiger partial charge on any atom is -0.373 e. The number of rotatable bonds is 6. The molecule has 10 heteroatoms. The molecule has 170 valence electrons. The minimum atomic E-state index is -3.61. The highest BCUT2D eigenvalue weighted by Gasteiger charge is 2.32. The van der Waals surface area contributed by atoms with Gasteiger partial charge in [-0.15, -0.1) is 0 Å². The van der Waals surface area contributed by atoms with Crippen LogP contribution >= 0.6 is 0 Å². The Labute approximate surface area is 186 Å². The lowest BCUT2D eigenvalue weighted by Gasteiger charge is -2.34. The Morgan fingerprint density at radius 2 is 1.81 bits per heavy atom. The zero-order valence-electron chi connectivity index (χ0n) is 18.1. The first kappa shape index (κ1) is 21.2. The van der Waals surface area contributed by atoms with Crippen LogP contribution in [0.15, 0.2) is 46.2 Å². The molecule has 0 bridgehead atoms. The highest BCUT2D eigenvalue weighted by molar-refractivity contribution is 7.89. The van der Waals surface area contributed by atoms with Crippen LogP contribution in [0.1, 0.15) is 26.7 Å². The average molecular weight is 458 g/mol. The number of morpholine rings is 1. The number of hydrogen-bond acceptors (Lipinski definition) is 6. The normalized spacial score (nSPS) is 22.3. The van der Waals surface area contributed by atoms with Gasteiger partial charge in [-0.3, -0.25) is 9.48 Å². The fourth-order valence-electron chi connectivity index (χ4n) is 4.23. The summed E-state index contributed by atoms with van der Waals surface area (Å²) in [6.07, 6.45) is 3.71. The van der Waals surface area contributed by atoms with E-state index in [-0.39, 0.29) is 22.7 Å². The number of anilines is 2. The smallest absolute Gasteiger partial charge is 0.261 e. The highest BCUT2D eigenvalue weighted by Crippen LogP contribution is 2.33. The number of nitrogens with one attached hydrogen (secondary N) is 2. The highest BCUT2D eigenvalue weighted by atomic mass is 32.2. The molecular formula is C22H27N5O4S. The summed E-state index contributed by atoms with van der Waals surface area (Å²) in [7, 11) is -3.61. The summed E-state index contributed by atoms with van der Waals surface area (Å²) >= 11 is 0. The molecule has 2 atom stereocenters. The maximum absolute atomic E-state index is 13.1. The van der Waals surface area contributed by atoms with Crippen molar-refractivity contribution in [2.45, 2.75) is 50.3 Å². The van der Waals surface area contributed by atoms with Crippen molar-refractivity contribution in [1.29, 1.82) is 0 Å². The van der Waals surface area contributed by atoms with Gasteiger partial charge < -0.3 is 15.0 Å². The number of ether oxygens (including phenoxy) is 1. The van der Waals surface area contributed by atoms with Crippen LogP contribution in [0.4, 0.5) is 11.5 Å². The zero-order valence-corrected chi connectivity index (χ0v) is 18.9. The lowest BCUT2D eigenvalue weighted by molar-refractivity contribution is -0.0440. The molecule has 0 amide bonds. The molecule has 1 aliphatic carbocycles. The van der Waals surface area contributed by atoms with E-state index in [1.54, 1.807) is 30.5 Å². The Morgan fingerprint density at radius 1 is 1.12 bits per heavy atom. The fraction of sp³-hybridized carbons (Fsp3) is 0.455. The molecule has 32 heavy (non-hydrogen) atoms. The topological polar surface area (TPSA) is 109 Å². The van der Waals surface area contributed by atoms with Gasteiger partial charge in [-0.1, -0.05) is 0 Å². The van der Waals surface area contributed by atoms with E-state index in [9.17, 15) is 13.2 Å². The summed E-state index contributed by atoms with van der Waals surface area (Å²) in [5.74, 6) is 1.08. The molecule has 9 nitrogen and oxygen atoms in total. The predicted molar refractivity (Wildman–Crippen MR) is 122 cm³/mol. The third-order valence-electron chi connectivity index (χ3n) is 5.94. The van der Waals surface area contributed by atoms with Gasteiger partial charge in [0.25, 0.3) is 5.56 Å². The Bertz CT molecular complexity index is 1280. The molecule has 1 saturated heterocycles. The molecule has 1 aromatic carbocycles. The number of aromatic nitrogens is 3. The number of H-pyrrole nitrogens is 1. The van der Waals surface area contributed by atoms with Gasteiger partial charge in [-0.05, 0) is 62.9 Å². The second-order valence-corrected chi connectivity index (χ2v) is 10.7. The molecule has 0 radical (unpaired) electrons. The monoisotopic (exact) mass is 457 g/mol. The Hall–Kier alpha value is -2.69. The fourth-order valence-corrected chi connectivity index (χ4v) is 5.82. The number of aromatic amines is 1. The SMILES string of the molecule is C[C@@H]1CN(S(=O)(=O)c2ccc(Nc3nn(CC4CC4)c4cc[nH]c(=O)c34)cc2)C[C@H](C)O1. The maximum atomic E-state index is 13.1. The molecule has 0 unspecified atom stereocenters. The van der Waals surface area contributed by atoms with Crippen LogP contribution in [0, 0.1) is 5.92 Å². The molecule has 2 aromatic heterocycles. The molecular weight excluding hydrogens is 430 g/mol. The molecule has 5 rings (SSSR count). The number of fused-ring (bicyclic) bond motifs is 1. The van der Waals surface area contributed by atoms with Crippen molar-refractivity contribution >= 4 is 32.4 Å². The van der Waals surface area contributed by atoms with Gasteiger partial charge in [0.1, 0.15) is 5.39 Å². The number of sulfonamides is 1. The molecule has 2 fully saturated rings. The van der Waals surface area contributed by atoms with Crippen molar-refractivity contribution in [2.24, 2.45) is 5.92 Å². The van der Waals surface area contributed by atoms with Crippen molar-refractivity contribution < 1.29 is 13.2 Å². The van der Waals surface area contributed by atoms with E-state index in [4.69, 9.17) is 4.74 Å². The second-order valence-electron chi connectivity index (χ2n) is 8.77. The number of hydrogen-bond donors (Lipinski definition) is 2. The van der Waals surface area contributed by atoms with Crippen molar-refractivity contribution in [3.05, 3.63) is 46.9 Å². The second kappa shape index (κ2) is 8.02. The van der Waals surface area contributed by atoms with Crippen LogP contribution in [0.2, 0.25) is 0 Å². The Morgan fingerprint density at radius 3 is 2.47 bits per heavy atom. The first-order chi connectivity index (χ1) is 15.3. The van der Waals surface area contributed by atoms with Gasteiger partial charge in [0.15, 0.2) is 5.82 Å². The quantitative estimate of drug-likeness (QED) is 0.589. The molecule has 1 aliphatic heterocycles. The predicted octanol–water partition coefficient (Wildman–Crippen LogP) is 2.68. The minimum absolute atomic E-state index is 0.147. The van der Waals surface area contributed by atoms with Gasteiger partial charge in [-0.25, -0.2) is 8.42 Å². The molecule has 0 spiro atoms. The summed E-state index contributed by atoms with van der Waals surface area (Å²) in [5.41, 5.74) is 1.24. The average Bonchev–Trinajstić information content (AvgIpc) is 3.49. The van der Waals surface area contributed by atoms with Crippen LogP contribution in [0.5, 0.6) is 0 Å². The molecule has 1 saturated carbocycles. The summed E-state index contributed by atoms with van der Waals surface area (Å²) in [6.45, 7) is 5.20. The van der Waals surface area contributed by atoms with E-state index in [1.165, 1.54) is 17.1 Å². The van der Waals surface area contributed by atoms with Crippen LogP contribution in [0.25, 0.3) is 10.9 Å². The third kappa shape index (κ3) is 4.05. The van der Waals surface area contributed by atoms with Gasteiger partial charge in [0.2, 0.25) is 10.0 Å². The van der Waals surface area contributed by atoms with Crippen LogP contribution in [-0.4, -0.2) is 52.8 Å². The molecule has 2 N–H and O–H groups in total. The molecule has 3 aromatic rings. The summed E-state index contributed by atoms with van der Waals surface area (Å²) in [5, 5.41) is 8.33. The third-order valence-corrected chi connectivity index (χ3v) is 7.79. The van der Waals surface area contributed by atoms with Crippen molar-refractivity contribution in [1.82, 2.24) is 19.1 Å². The lowest BCUT2D eigenvalue weighted by atomic mass is 10.3. The standard InChI is InChI=1S/C22H27N5O4S/c1-14-11-26(12-15(2)31-14)32(29,30)18-7-5-17(6-8-18)24-21-20-19(9-10-23-22(20)28)27(25-21)13-16-3-4-16/h5-10,14-16H,3-4,11-13H2,1-2H3,(H,23,28)(H,24,25)/t14-,15+. The summed E-state index contributed by atoms with van der Waals surface area (Å²) in [6, 6.07) is 8.41. The van der Waals surface area contributed by atoms with Gasteiger partial charge in [0.05, 0.1) is 22.6 Å². The van der Waals surface area contributed by atoms with Crippen molar-refractivity contribution in [3.8, 4) is 0 Å². The van der Waals surface area contributed by atoms with Crippen LogP contribution in [0.3, 0.4) is 0 Å². The van der Waals surface area contributed by atoms with Crippen LogP contribution in [-0.2, 0) is 21.3 Å². The van der Waals surface area contributed by atoms with Gasteiger partial charge in [0, 0.05) is 31.5 Å². The van der Waals surface area contributed by atoms with Gasteiger partial charge in [-0.2, -0.15) is 9.40 Å². The number of pyridine rings is 1. The maximum Gasteiger partial charge on any atom is 0.261 e. The lowest BCUT2D eigenvalue weighted by Crippen LogP contribution is -2.48. The zero-order chi connectivity index (χ0) is 22.5. The number of benzene rings is 1. The van der Waals surface area contributed by atoms with E-state index < -0.39 is 10.0 Å². The number of nitrogens with zero attached hydrogens (tertiary/aromatic N) is 3. The van der Waals surface area contributed by atoms with E-state index >= 15 is 0 Å². The molecule has 2 aliphatic rings. The summed E-state index contributed by atoms with van der Waals surface area (Å²) < 4.78 is 35.1. The van der Waals surface area contributed by atoms with Crippen LogP contribution < -0.4 is 10.9 Å². The van der Waals surface area contributed by atoms with E-state index in [0.717, 1.165) is 12.1 Å². The summed E-state index contributed by atoms with van der Waals surface area (Å²) in [4.78, 5) is 15.4. The van der Waals surface area contributed by atoms with Crippen molar-refractivity contribution in [2.75, 3.05) is 18.4 Å².